The predicted octanol–water partition coefficient (Wildman–Crippen LogP) is 2.08. The lowest BCUT2D eigenvalue weighted by atomic mass is 10.3. The average Bonchev–Trinajstić information content (AvgIpc) is 2.65. The monoisotopic (exact) mass is 221 g/mol. The van der Waals surface area contributed by atoms with Crippen molar-refractivity contribution >= 4 is 11.3 Å². The highest BCUT2D eigenvalue weighted by molar-refractivity contribution is 7.10. The van der Waals surface area contributed by atoms with Gasteiger partial charge in [0, 0.05) is 13.7 Å². The first-order chi connectivity index (χ1) is 6.67. The molecule has 5 heteroatoms. The van der Waals surface area contributed by atoms with Crippen molar-refractivity contribution in [3.63, 3.8) is 0 Å². The van der Waals surface area contributed by atoms with Crippen LogP contribution in [0.4, 0.5) is 8.78 Å². The van der Waals surface area contributed by atoms with Gasteiger partial charge in [0.1, 0.15) is 0 Å². The van der Waals surface area contributed by atoms with Gasteiger partial charge in [0.15, 0.2) is 0 Å². The van der Waals surface area contributed by atoms with Crippen LogP contribution >= 0.6 is 11.3 Å². The number of ether oxygens (including phenoxy) is 1. The molecule has 0 fully saturated rings. The summed E-state index contributed by atoms with van der Waals surface area (Å²) in [5, 5.41) is 4.30. The van der Waals surface area contributed by atoms with Crippen LogP contribution in [0, 0.1) is 0 Å². The zero-order valence-corrected chi connectivity index (χ0v) is 8.74. The van der Waals surface area contributed by atoms with Crippen LogP contribution in [0.1, 0.15) is 4.88 Å². The first-order valence-electron chi connectivity index (χ1n) is 4.28. The van der Waals surface area contributed by atoms with Crippen LogP contribution in [-0.4, -0.2) is 26.8 Å². The molecule has 14 heavy (non-hydrogen) atoms. The highest BCUT2D eigenvalue weighted by Gasteiger charge is 2.31. The Morgan fingerprint density at radius 1 is 1.57 bits per heavy atom. The number of hydrogen-bond acceptors (Lipinski definition) is 3. The van der Waals surface area contributed by atoms with E-state index in [4.69, 9.17) is 4.74 Å². The summed E-state index contributed by atoms with van der Waals surface area (Å²) in [5.41, 5.74) is 0. The van der Waals surface area contributed by atoms with E-state index in [0.717, 1.165) is 11.3 Å². The van der Waals surface area contributed by atoms with Crippen molar-refractivity contribution in [2.45, 2.75) is 5.92 Å². The van der Waals surface area contributed by atoms with Gasteiger partial charge >= 0.3 is 0 Å². The Morgan fingerprint density at radius 2 is 2.36 bits per heavy atom. The summed E-state index contributed by atoms with van der Waals surface area (Å²) in [5.74, 6) is -2.78. The van der Waals surface area contributed by atoms with Gasteiger partial charge in [0.25, 0.3) is 5.92 Å². The van der Waals surface area contributed by atoms with Gasteiger partial charge in [0.2, 0.25) is 0 Å². The second-order valence-electron chi connectivity index (χ2n) is 2.85. The summed E-state index contributed by atoms with van der Waals surface area (Å²) in [4.78, 5) is 0.0995. The van der Waals surface area contributed by atoms with Gasteiger partial charge in [-0.15, -0.1) is 11.3 Å². The third-order valence-electron chi connectivity index (χ3n) is 1.71. The van der Waals surface area contributed by atoms with E-state index in [1.165, 1.54) is 6.07 Å². The lowest BCUT2D eigenvalue weighted by molar-refractivity contribution is -0.000351. The fourth-order valence-corrected chi connectivity index (χ4v) is 1.70. The van der Waals surface area contributed by atoms with Crippen LogP contribution in [0.3, 0.4) is 0 Å². The summed E-state index contributed by atoms with van der Waals surface area (Å²) in [7, 11) is 1.54. The predicted molar refractivity (Wildman–Crippen MR) is 53.0 cm³/mol. The largest absolute Gasteiger partial charge is 0.383 e. The Bertz CT molecular complexity index is 251. The molecule has 2 nitrogen and oxygen atoms in total. The lowest BCUT2D eigenvalue weighted by Gasteiger charge is -2.14. The molecule has 0 bridgehead atoms. The molecule has 1 aromatic rings. The highest BCUT2D eigenvalue weighted by atomic mass is 32.1. The summed E-state index contributed by atoms with van der Waals surface area (Å²) in [6.07, 6.45) is 0. The van der Waals surface area contributed by atoms with Crippen LogP contribution < -0.4 is 5.32 Å². The van der Waals surface area contributed by atoms with Crippen LogP contribution in [-0.2, 0) is 10.7 Å². The van der Waals surface area contributed by atoms with Gasteiger partial charge in [-0.2, -0.15) is 8.78 Å². The first kappa shape index (κ1) is 11.6. The van der Waals surface area contributed by atoms with Crippen molar-refractivity contribution in [2.75, 3.05) is 26.8 Å². The molecule has 0 aliphatic carbocycles. The van der Waals surface area contributed by atoms with Crippen molar-refractivity contribution in [2.24, 2.45) is 0 Å². The van der Waals surface area contributed by atoms with Crippen LogP contribution in [0.15, 0.2) is 17.5 Å². The average molecular weight is 221 g/mol. The maximum absolute atomic E-state index is 13.3. The number of alkyl halides is 2. The molecule has 0 spiro atoms. The van der Waals surface area contributed by atoms with E-state index in [2.05, 4.69) is 5.32 Å². The fourth-order valence-electron chi connectivity index (χ4n) is 0.993. The van der Waals surface area contributed by atoms with Gasteiger partial charge in [0.05, 0.1) is 18.0 Å². The summed E-state index contributed by atoms with van der Waals surface area (Å²) >= 11 is 1.07. The molecule has 0 aliphatic rings. The van der Waals surface area contributed by atoms with E-state index in [-0.39, 0.29) is 11.4 Å². The minimum absolute atomic E-state index is 0.0995. The third-order valence-corrected chi connectivity index (χ3v) is 2.69. The van der Waals surface area contributed by atoms with E-state index < -0.39 is 5.92 Å². The Morgan fingerprint density at radius 3 is 2.93 bits per heavy atom. The van der Waals surface area contributed by atoms with Gasteiger partial charge in [-0.05, 0) is 11.4 Å². The molecule has 1 heterocycles. The topological polar surface area (TPSA) is 21.3 Å². The molecule has 0 aromatic carbocycles. The van der Waals surface area contributed by atoms with Crippen molar-refractivity contribution < 1.29 is 13.5 Å². The minimum Gasteiger partial charge on any atom is -0.383 e. The summed E-state index contributed by atoms with van der Waals surface area (Å²) in [6.45, 7) is 0.550. The highest BCUT2D eigenvalue weighted by Crippen LogP contribution is 2.30. The molecule has 1 N–H and O–H groups in total. The number of thiophene rings is 1. The quantitative estimate of drug-likeness (QED) is 0.742. The number of methoxy groups -OCH3 is 1. The molecule has 0 amide bonds. The molecule has 1 rings (SSSR count). The first-order valence-corrected chi connectivity index (χ1v) is 5.16. The molecule has 0 aliphatic heterocycles. The lowest BCUT2D eigenvalue weighted by Crippen LogP contribution is -2.32. The van der Waals surface area contributed by atoms with E-state index in [1.54, 1.807) is 18.6 Å². The molecule has 0 saturated heterocycles. The minimum atomic E-state index is -2.78. The molecular formula is C9H13F2NOS. The smallest absolute Gasteiger partial charge is 0.294 e. The number of rotatable bonds is 6. The van der Waals surface area contributed by atoms with Gasteiger partial charge in [-0.3, -0.25) is 0 Å². The zero-order chi connectivity index (χ0) is 10.4. The van der Waals surface area contributed by atoms with Crippen molar-refractivity contribution in [1.29, 1.82) is 0 Å². The molecule has 0 unspecified atom stereocenters. The number of nitrogens with one attached hydrogen (secondary N) is 1. The normalized spacial score (nSPS) is 11.9. The van der Waals surface area contributed by atoms with Crippen LogP contribution in [0.5, 0.6) is 0 Å². The Hall–Kier alpha value is -0.520. The molecule has 80 valence electrons. The van der Waals surface area contributed by atoms with Gasteiger partial charge in [-0.1, -0.05) is 6.07 Å². The number of hydrogen-bond donors (Lipinski definition) is 1. The second-order valence-corrected chi connectivity index (χ2v) is 3.80. The van der Waals surface area contributed by atoms with Crippen molar-refractivity contribution in [1.82, 2.24) is 5.32 Å². The van der Waals surface area contributed by atoms with Crippen molar-refractivity contribution in [3.05, 3.63) is 22.4 Å². The maximum atomic E-state index is 13.3. The molecular weight excluding hydrogens is 208 g/mol. The van der Waals surface area contributed by atoms with Crippen molar-refractivity contribution in [3.8, 4) is 0 Å². The zero-order valence-electron chi connectivity index (χ0n) is 7.93. The fraction of sp³-hybridized carbons (Fsp3) is 0.556. The Balaban J connectivity index is 2.35. The summed E-state index contributed by atoms with van der Waals surface area (Å²) in [6, 6.07) is 3.08. The van der Waals surface area contributed by atoms with E-state index in [9.17, 15) is 8.78 Å². The Kier molecular flexibility index (Phi) is 4.44. The number of halogens is 2. The summed E-state index contributed by atoms with van der Waals surface area (Å²) < 4.78 is 31.4. The Labute approximate surface area is 85.9 Å². The van der Waals surface area contributed by atoms with Gasteiger partial charge in [-0.25, -0.2) is 0 Å². The van der Waals surface area contributed by atoms with E-state index >= 15 is 0 Å². The van der Waals surface area contributed by atoms with E-state index in [1.807, 2.05) is 0 Å². The molecule has 0 saturated carbocycles. The molecule has 0 atom stereocenters. The third kappa shape index (κ3) is 3.32. The molecule has 1 aromatic heterocycles. The van der Waals surface area contributed by atoms with Gasteiger partial charge < -0.3 is 10.1 Å². The maximum Gasteiger partial charge on any atom is 0.294 e. The second kappa shape index (κ2) is 5.38. The SMILES string of the molecule is COCCNCC(F)(F)c1cccs1. The van der Waals surface area contributed by atoms with Crippen LogP contribution in [0.2, 0.25) is 0 Å². The molecule has 0 radical (unpaired) electrons. The van der Waals surface area contributed by atoms with E-state index in [0.29, 0.717) is 13.2 Å². The van der Waals surface area contributed by atoms with Crippen LogP contribution in [0.25, 0.3) is 0 Å². The standard InChI is InChI=1S/C9H13F2NOS/c1-13-5-4-12-7-9(10,11)8-3-2-6-14-8/h2-3,6,12H,4-5,7H2,1H3.